The molecule has 0 aromatic heterocycles. The number of hydrogen-bond acceptors (Lipinski definition) is 20. The van der Waals surface area contributed by atoms with E-state index in [1.54, 1.807) is 6.92 Å². The summed E-state index contributed by atoms with van der Waals surface area (Å²) >= 11 is 0. The van der Waals surface area contributed by atoms with Gasteiger partial charge in [0.2, 0.25) is 12.6 Å². The van der Waals surface area contributed by atoms with Crippen LogP contribution in [-0.2, 0) is 47.5 Å². The molecule has 0 aromatic rings. The van der Waals surface area contributed by atoms with Gasteiger partial charge in [-0.25, -0.2) is 9.59 Å². The van der Waals surface area contributed by atoms with Crippen LogP contribution in [0.3, 0.4) is 0 Å². The number of aliphatic hydroxyl groups excluding tert-OH is 10. The van der Waals surface area contributed by atoms with Crippen LogP contribution in [0.4, 0.5) is 0 Å². The van der Waals surface area contributed by atoms with E-state index in [0.717, 1.165) is 19.3 Å². The Kier molecular flexibility index (Phi) is 16.5. The summed E-state index contributed by atoms with van der Waals surface area (Å²) in [6.07, 6.45) is -13.4. The molecule has 0 amide bonds. The Bertz CT molecular complexity index is 1600. The highest BCUT2D eigenvalue weighted by Gasteiger charge is 2.55. The van der Waals surface area contributed by atoms with Gasteiger partial charge in [-0.15, -0.1) is 0 Å². The van der Waals surface area contributed by atoms with Gasteiger partial charge < -0.3 is 89.0 Å². The molecule has 20 nitrogen and oxygen atoms in total. The van der Waals surface area contributed by atoms with Crippen molar-refractivity contribution >= 4 is 11.9 Å². The Balaban J connectivity index is 0.921. The summed E-state index contributed by atoms with van der Waals surface area (Å²) < 4.78 is 45.5. The van der Waals surface area contributed by atoms with Crippen molar-refractivity contribution in [1.29, 1.82) is 0 Å². The van der Waals surface area contributed by atoms with Gasteiger partial charge in [-0.3, -0.25) is 0 Å². The van der Waals surface area contributed by atoms with Gasteiger partial charge in [-0.2, -0.15) is 0 Å². The molecule has 6 aliphatic rings. The van der Waals surface area contributed by atoms with Crippen molar-refractivity contribution in [2.45, 2.75) is 145 Å². The molecule has 4 aliphatic heterocycles. The highest BCUT2D eigenvalue weighted by molar-refractivity contribution is 5.89. The topological polar surface area (TPSA) is 310 Å². The summed E-state index contributed by atoms with van der Waals surface area (Å²) in [4.78, 5) is 26.6. The fraction of sp³-hybridized carbons (Fsp3) is 0.810. The van der Waals surface area contributed by atoms with E-state index in [9.17, 15) is 60.7 Å². The molecule has 0 bridgehead atoms. The van der Waals surface area contributed by atoms with Gasteiger partial charge >= 0.3 is 11.9 Å². The maximum atomic E-state index is 13.3. The van der Waals surface area contributed by atoms with Crippen molar-refractivity contribution in [2.24, 2.45) is 41.4 Å². The molecule has 352 valence electrons. The molecule has 0 radical (unpaired) electrons. The molecule has 6 rings (SSSR count). The highest BCUT2D eigenvalue weighted by atomic mass is 16.8. The lowest BCUT2D eigenvalue weighted by Gasteiger charge is -2.43. The van der Waals surface area contributed by atoms with Crippen LogP contribution in [0, 0.1) is 41.4 Å². The second-order valence-electron chi connectivity index (χ2n) is 17.8. The van der Waals surface area contributed by atoms with Gasteiger partial charge in [0.15, 0.2) is 12.6 Å². The van der Waals surface area contributed by atoms with Crippen LogP contribution in [0.25, 0.3) is 0 Å². The monoisotopic (exact) mass is 888 g/mol. The van der Waals surface area contributed by atoms with Crippen molar-refractivity contribution in [3.05, 3.63) is 35.8 Å². The molecule has 4 fully saturated rings. The number of hydrogen-bond donors (Lipinski definition) is 10. The molecule has 21 unspecified atom stereocenters. The van der Waals surface area contributed by atoms with Crippen molar-refractivity contribution in [3.8, 4) is 0 Å². The van der Waals surface area contributed by atoms with Gasteiger partial charge in [0.25, 0.3) is 0 Å². The minimum Gasteiger partial charge on any atom is -0.472 e. The third kappa shape index (κ3) is 10.3. The molecule has 0 spiro atoms. The van der Waals surface area contributed by atoms with Crippen LogP contribution in [-0.4, -0.2) is 176 Å². The first-order valence-electron chi connectivity index (χ1n) is 21.5. The SMILES string of the molecule is C=C1C(O)CC2C(C(=O)OCC(C)CCCC(C)CCOC(=O)C3=COC(OC4OC(CO)C(O)C(O)C4O)C4C3CC(O)C4C)=COC(OC3OC(CO)C(O)C(O)C3O)C12. The molecular formula is C42H64O20. The highest BCUT2D eigenvalue weighted by Crippen LogP contribution is 2.49. The molecule has 62 heavy (non-hydrogen) atoms. The Morgan fingerprint density at radius 2 is 1.23 bits per heavy atom. The second kappa shape index (κ2) is 21.0. The lowest BCUT2D eigenvalue weighted by atomic mass is 9.83. The first-order valence-corrected chi connectivity index (χ1v) is 21.5. The Morgan fingerprint density at radius 3 is 1.82 bits per heavy atom. The Hall–Kier alpha value is -2.80. The molecule has 10 N–H and O–H groups in total. The molecule has 20 heteroatoms. The van der Waals surface area contributed by atoms with E-state index in [1.807, 2.05) is 13.8 Å². The summed E-state index contributed by atoms with van der Waals surface area (Å²) in [7, 11) is 0. The number of esters is 2. The van der Waals surface area contributed by atoms with Crippen molar-refractivity contribution in [2.75, 3.05) is 26.4 Å². The standard InChI is InChI=1S/C42H64O20/c1-17(8-9-55-37(53)23-15-57-39(29-19(3)25(45)10-21(23)29)61-41-35(51)33(49)31(47)27(12-43)59-41)6-5-7-18(2)14-56-38(54)24-16-58-40(30-20(4)26(46)11-22(24)30)62-42-36(52)34(50)32(48)28(13-44)60-42/h15-19,21-22,25-36,39-52H,4-14H2,1-3H3. The van der Waals surface area contributed by atoms with E-state index >= 15 is 0 Å². The van der Waals surface area contributed by atoms with Crippen LogP contribution >= 0.6 is 0 Å². The normalized spacial score (nSPS) is 42.7. The summed E-state index contributed by atoms with van der Waals surface area (Å²) in [5, 5.41) is 102. The maximum absolute atomic E-state index is 13.3. The molecule has 21 atom stereocenters. The van der Waals surface area contributed by atoms with Crippen LogP contribution in [0.2, 0.25) is 0 Å². The quantitative estimate of drug-likeness (QED) is 0.0569. The number of rotatable bonds is 17. The van der Waals surface area contributed by atoms with E-state index in [-0.39, 0.29) is 55.0 Å². The van der Waals surface area contributed by atoms with E-state index in [2.05, 4.69) is 6.58 Å². The van der Waals surface area contributed by atoms with Crippen LogP contribution in [0.1, 0.15) is 59.3 Å². The number of aliphatic hydroxyl groups is 10. The van der Waals surface area contributed by atoms with Gasteiger partial charge in [0, 0.05) is 17.8 Å². The zero-order valence-electron chi connectivity index (χ0n) is 35.1. The maximum Gasteiger partial charge on any atom is 0.337 e. The first-order chi connectivity index (χ1) is 29.5. The average molecular weight is 889 g/mol. The molecule has 0 aromatic carbocycles. The van der Waals surface area contributed by atoms with Crippen LogP contribution in [0.15, 0.2) is 35.8 Å². The summed E-state index contributed by atoms with van der Waals surface area (Å²) in [5.74, 6) is -3.76. The van der Waals surface area contributed by atoms with Gasteiger partial charge in [0.1, 0.15) is 48.8 Å². The predicted molar refractivity (Wildman–Crippen MR) is 208 cm³/mol. The molecule has 4 heterocycles. The van der Waals surface area contributed by atoms with E-state index in [0.29, 0.717) is 12.0 Å². The van der Waals surface area contributed by atoms with E-state index < -0.39 is 135 Å². The zero-order valence-corrected chi connectivity index (χ0v) is 35.1. The van der Waals surface area contributed by atoms with E-state index in [4.69, 9.17) is 37.9 Å². The fourth-order valence-corrected chi connectivity index (χ4v) is 9.40. The molecule has 2 saturated heterocycles. The predicted octanol–water partition coefficient (Wildman–Crippen LogP) is -1.79. The fourth-order valence-electron chi connectivity index (χ4n) is 9.40. The number of carbonyl (C=O) groups excluding carboxylic acids is 2. The van der Waals surface area contributed by atoms with Crippen LogP contribution in [0.5, 0.6) is 0 Å². The minimum atomic E-state index is -1.68. The molecule has 2 aliphatic carbocycles. The summed E-state index contributed by atoms with van der Waals surface area (Å²) in [6.45, 7) is 8.71. The van der Waals surface area contributed by atoms with Crippen molar-refractivity contribution < 1.29 is 98.5 Å². The molecular weight excluding hydrogens is 824 g/mol. The van der Waals surface area contributed by atoms with E-state index in [1.165, 1.54) is 12.5 Å². The van der Waals surface area contributed by atoms with Crippen LogP contribution < -0.4 is 0 Å². The van der Waals surface area contributed by atoms with Crippen molar-refractivity contribution in [1.82, 2.24) is 0 Å². The second-order valence-corrected chi connectivity index (χ2v) is 17.8. The number of carbonyl (C=O) groups is 2. The zero-order chi connectivity index (χ0) is 45.2. The third-order valence-electron chi connectivity index (χ3n) is 13.4. The number of ether oxygens (including phenoxy) is 8. The minimum absolute atomic E-state index is 0.000127. The van der Waals surface area contributed by atoms with Gasteiger partial charge in [-0.1, -0.05) is 40.2 Å². The largest absolute Gasteiger partial charge is 0.472 e. The van der Waals surface area contributed by atoms with Crippen molar-refractivity contribution in [3.63, 3.8) is 0 Å². The Labute approximate surface area is 359 Å². The lowest BCUT2D eigenvalue weighted by molar-refractivity contribution is -0.342. The third-order valence-corrected chi connectivity index (χ3v) is 13.4. The lowest BCUT2D eigenvalue weighted by Crippen LogP contribution is -2.60. The summed E-state index contributed by atoms with van der Waals surface area (Å²) in [5.41, 5.74) is 0.764. The molecule has 2 saturated carbocycles. The first kappa shape index (κ1) is 48.7. The smallest absolute Gasteiger partial charge is 0.337 e. The summed E-state index contributed by atoms with van der Waals surface area (Å²) in [6, 6.07) is 0. The van der Waals surface area contributed by atoms with Gasteiger partial charge in [0.05, 0.1) is 68.2 Å². The number of fused-ring (bicyclic) bond motifs is 2. The average Bonchev–Trinajstić information content (AvgIpc) is 3.72. The van der Waals surface area contributed by atoms with Gasteiger partial charge in [-0.05, 0) is 49.0 Å². The Morgan fingerprint density at radius 1 is 0.694 bits per heavy atom.